The van der Waals surface area contributed by atoms with Gasteiger partial charge in [-0.25, -0.2) is 34.9 Å². The second-order valence-electron chi connectivity index (χ2n) is 18.8. The van der Waals surface area contributed by atoms with Gasteiger partial charge in [0.25, 0.3) is 17.7 Å². The number of carbonyl (C=O) groups excluding carboxylic acids is 6. The number of carbonyl (C=O) groups is 7. The Morgan fingerprint density at radius 3 is 2.26 bits per heavy atom. The molecule has 0 saturated heterocycles. The molecule has 1 aliphatic heterocycles. The number of anilines is 1. The lowest BCUT2D eigenvalue weighted by Gasteiger charge is -2.23. The molecule has 0 radical (unpaired) electrons. The van der Waals surface area contributed by atoms with Crippen LogP contribution < -0.4 is 31.5 Å². The number of aliphatic hydroxyl groups is 1. The summed E-state index contributed by atoms with van der Waals surface area (Å²) in [5.74, 6) is -4.10. The molecule has 1 aromatic carbocycles. The summed E-state index contributed by atoms with van der Waals surface area (Å²) >= 11 is 7.16. The summed E-state index contributed by atoms with van der Waals surface area (Å²) in [5, 5.41) is 42.4. The van der Waals surface area contributed by atoms with Crippen molar-refractivity contribution in [2.75, 3.05) is 32.6 Å². The van der Waals surface area contributed by atoms with Crippen LogP contribution in [0.2, 0.25) is 0 Å². The van der Waals surface area contributed by atoms with Gasteiger partial charge in [-0.15, -0.1) is 68.0 Å². The van der Waals surface area contributed by atoms with Crippen LogP contribution in [0.25, 0.3) is 42.5 Å². The maximum absolute atomic E-state index is 14.3. The Labute approximate surface area is 492 Å². The van der Waals surface area contributed by atoms with Crippen molar-refractivity contribution in [2.45, 2.75) is 77.3 Å². The highest BCUT2D eigenvalue weighted by atomic mass is 32.1. The van der Waals surface area contributed by atoms with Crippen LogP contribution in [0.5, 0.6) is 0 Å². The van der Waals surface area contributed by atoms with Crippen molar-refractivity contribution in [3.8, 4) is 42.5 Å². The zero-order valence-corrected chi connectivity index (χ0v) is 49.6. The molecule has 29 heteroatoms. The minimum Gasteiger partial charge on any atom is -0.481 e. The van der Waals surface area contributed by atoms with E-state index in [0.29, 0.717) is 73.7 Å². The first kappa shape index (κ1) is 59.0. The van der Waals surface area contributed by atoms with E-state index in [9.17, 15) is 38.7 Å². The normalized spacial score (nSPS) is 16.4. The van der Waals surface area contributed by atoms with Crippen molar-refractivity contribution in [2.24, 2.45) is 5.92 Å². The summed E-state index contributed by atoms with van der Waals surface area (Å²) in [4.78, 5) is 130. The molecule has 9 rings (SSSR count). The van der Waals surface area contributed by atoms with E-state index >= 15 is 0 Å². The first-order chi connectivity index (χ1) is 39.4. The molecule has 8 aromatic rings. The molecule has 8 heterocycles. The molecule has 0 unspecified atom stereocenters. The number of hydrogen-bond acceptors (Lipinski definition) is 22. The largest absolute Gasteiger partial charge is 0.481 e. The Morgan fingerprint density at radius 1 is 0.756 bits per heavy atom. The molecule has 0 aliphatic carbocycles. The van der Waals surface area contributed by atoms with Crippen LogP contribution in [0.3, 0.4) is 0 Å². The Balaban J connectivity index is 1.12. The highest BCUT2D eigenvalue weighted by Gasteiger charge is 2.33. The number of rotatable bonds is 13. The number of nitrogens with one attached hydrogen (secondary N) is 5. The van der Waals surface area contributed by atoms with Gasteiger partial charge in [0.2, 0.25) is 17.7 Å². The number of benzene rings is 1. The maximum Gasteiger partial charge on any atom is 0.303 e. The fourth-order valence-corrected chi connectivity index (χ4v) is 14.1. The highest BCUT2D eigenvalue weighted by Crippen LogP contribution is 2.42. The number of aliphatic hydroxyl groups excluding tert-OH is 1. The molecule has 7 N–H and O–H groups in total. The van der Waals surface area contributed by atoms with Crippen molar-refractivity contribution in [1.29, 1.82) is 0 Å². The van der Waals surface area contributed by atoms with Gasteiger partial charge >= 0.3 is 5.97 Å². The third kappa shape index (κ3) is 13.5. The molecular weight excluding hydrogens is 1170 g/mol. The molecule has 426 valence electrons. The summed E-state index contributed by atoms with van der Waals surface area (Å²) in [5.41, 5.74) is 2.36. The second-order valence-corrected chi connectivity index (χ2v) is 24.8. The Hall–Kier alpha value is -7.64. The van der Waals surface area contributed by atoms with Crippen molar-refractivity contribution in [1.82, 2.24) is 61.5 Å². The van der Waals surface area contributed by atoms with Gasteiger partial charge in [0, 0.05) is 66.8 Å². The quantitative estimate of drug-likeness (QED) is 0.0586. The van der Waals surface area contributed by atoms with Gasteiger partial charge in [0.15, 0.2) is 0 Å². The number of aliphatic carboxylic acids is 1. The van der Waals surface area contributed by atoms with Gasteiger partial charge in [-0.3, -0.25) is 38.5 Å². The van der Waals surface area contributed by atoms with Crippen LogP contribution >= 0.6 is 68.0 Å². The number of hydrogen-bond donors (Lipinski definition) is 7. The van der Waals surface area contributed by atoms with E-state index in [1.165, 1.54) is 75.7 Å². The van der Waals surface area contributed by atoms with E-state index in [1.54, 1.807) is 78.8 Å². The summed E-state index contributed by atoms with van der Waals surface area (Å²) in [6.45, 7) is 4.94. The molecule has 0 spiro atoms. The van der Waals surface area contributed by atoms with Gasteiger partial charge < -0.3 is 41.5 Å². The first-order valence-corrected chi connectivity index (χ1v) is 30.4. The Kier molecular flexibility index (Phi) is 18.8. The molecule has 7 aromatic heterocycles. The van der Waals surface area contributed by atoms with Crippen molar-refractivity contribution in [3.05, 3.63) is 112 Å². The smallest absolute Gasteiger partial charge is 0.303 e. The number of carboxylic acid groups (broad SMARTS) is 1. The summed E-state index contributed by atoms with van der Waals surface area (Å²) in [6, 6.07) is 9.47. The van der Waals surface area contributed by atoms with Gasteiger partial charge in [0.05, 0.1) is 52.8 Å². The predicted molar refractivity (Wildman–Crippen MR) is 312 cm³/mol. The summed E-state index contributed by atoms with van der Waals surface area (Å²) in [6.07, 6.45) is 0.153. The third-order valence-corrected chi connectivity index (χ3v) is 18.6. The average Bonchev–Trinajstić information content (AvgIpc) is 4.44. The molecule has 82 heavy (non-hydrogen) atoms. The SMILES string of the molecule is CNC(=O)C[C@@H]1NC(=O)c2csc(n2)-c2ccc(-c3nc(N(C)C(=O)CCCC(=O)O)cs3)nc2-c2cnc(s2)-c2csc(n2)[C@H]([C@@H](O)c2ccccc2)NC(=O)CNC(=O)c2nc(sc2COC)[C@H](C(C)C)NC(=O)c2nc1sc2C. The zero-order chi connectivity index (χ0) is 58.4. The number of aromatic nitrogens is 7. The summed E-state index contributed by atoms with van der Waals surface area (Å²) < 4.78 is 5.44. The number of methoxy groups -OCH3 is 1. The van der Waals surface area contributed by atoms with Crippen molar-refractivity contribution >= 4 is 115 Å². The van der Waals surface area contributed by atoms with Gasteiger partial charge in [-0.05, 0) is 37.0 Å². The second kappa shape index (κ2) is 26.1. The zero-order valence-electron chi connectivity index (χ0n) is 44.7. The highest BCUT2D eigenvalue weighted by molar-refractivity contribution is 7.19. The molecular formula is C53H53N13O10S6. The molecule has 10 bridgehead atoms. The van der Waals surface area contributed by atoms with E-state index in [4.69, 9.17) is 34.8 Å². The fraction of sp³-hybridized carbons (Fsp3) is 0.321. The number of amides is 6. The van der Waals surface area contributed by atoms with Crippen LogP contribution in [-0.2, 0) is 30.5 Å². The molecule has 0 saturated carbocycles. The number of ether oxygens (including phenoxy) is 1. The number of fused-ring (bicyclic) bond motifs is 14. The van der Waals surface area contributed by atoms with E-state index in [-0.39, 0.29) is 66.2 Å². The molecule has 23 nitrogen and oxygen atoms in total. The van der Waals surface area contributed by atoms with Crippen LogP contribution in [0, 0.1) is 12.8 Å². The molecule has 1 aliphatic rings. The Morgan fingerprint density at radius 2 is 1.51 bits per heavy atom. The van der Waals surface area contributed by atoms with Crippen LogP contribution in [0.15, 0.2) is 64.8 Å². The minimum absolute atomic E-state index is 0.000662. The monoisotopic (exact) mass is 1220 g/mol. The van der Waals surface area contributed by atoms with Crippen LogP contribution in [0.4, 0.5) is 5.82 Å². The fourth-order valence-electron chi connectivity index (χ4n) is 8.41. The number of thiazole rings is 6. The predicted octanol–water partition coefficient (Wildman–Crippen LogP) is 7.53. The minimum atomic E-state index is -1.28. The average molecular weight is 1220 g/mol. The maximum atomic E-state index is 14.3. The van der Waals surface area contributed by atoms with Crippen LogP contribution in [0.1, 0.15) is 126 Å². The van der Waals surface area contributed by atoms with Crippen molar-refractivity contribution < 1.29 is 48.5 Å². The van der Waals surface area contributed by atoms with E-state index < -0.39 is 66.3 Å². The van der Waals surface area contributed by atoms with Gasteiger partial charge in [-0.2, -0.15) is 0 Å². The Bertz CT molecular complexity index is 3680. The number of carboxylic acids is 1. The number of aryl methyl sites for hydroxylation is 1. The van der Waals surface area contributed by atoms with Crippen molar-refractivity contribution in [3.63, 3.8) is 0 Å². The van der Waals surface area contributed by atoms with Crippen LogP contribution in [-0.4, -0.2) is 114 Å². The third-order valence-electron chi connectivity index (χ3n) is 12.7. The molecule has 6 amide bonds. The van der Waals surface area contributed by atoms with Gasteiger partial charge in [0.1, 0.15) is 70.8 Å². The lowest BCUT2D eigenvalue weighted by atomic mass is 10.0. The summed E-state index contributed by atoms with van der Waals surface area (Å²) in [7, 11) is 4.50. The van der Waals surface area contributed by atoms with E-state index in [1.807, 2.05) is 13.8 Å². The molecule has 4 atom stereocenters. The number of nitrogens with zero attached hydrogens (tertiary/aromatic N) is 8. The van der Waals surface area contributed by atoms with E-state index in [0.717, 1.165) is 11.3 Å². The first-order valence-electron chi connectivity index (χ1n) is 25.3. The lowest BCUT2D eigenvalue weighted by molar-refractivity contribution is -0.137. The topological polar surface area (TPSA) is 323 Å². The molecule has 0 fully saturated rings. The van der Waals surface area contributed by atoms with E-state index in [2.05, 4.69) is 36.6 Å². The number of pyridine rings is 1. The van der Waals surface area contributed by atoms with Gasteiger partial charge in [-0.1, -0.05) is 44.2 Å². The standard InChI is InChI=1S/C53H53N13O10S6/c1-24(2)39-53-65-42(33(82-53)20-76-6)46(74)55-19-36(68)62-43(44(72)26-11-8-7-9-12-26)52-60-31(22-78-52)49-56-18-32(81-49)41-27(15-16-28(57-41)50-61-34(23-79-50)66(5)37(69)13-10-14-38(70)71)48-59-30(21-77-48)45(73)58-29(17-35(67)54-4)51-64-40(25(3)80-51)47(75)63-39/h7-9,11-12,15-16,18,21-24,29,39,43-44,72H,10,13-14,17,19-20H2,1-6H3,(H,54,67)(H,55,74)(H,58,73)(H,62,68)(H,63,75)(H,70,71)/t29-,39-,43-,44-/m0/s1. The lowest BCUT2D eigenvalue weighted by Crippen LogP contribution is -2.40.